The maximum Gasteiger partial charge on any atom is 0.410 e. The molecule has 5 fully saturated rings. The van der Waals surface area contributed by atoms with Crippen molar-refractivity contribution in [1.29, 1.82) is 0 Å². The Morgan fingerprint density at radius 1 is 0.381 bits per heavy atom. The summed E-state index contributed by atoms with van der Waals surface area (Å²) in [5.41, 5.74) is 10.7. The minimum Gasteiger partial charge on any atom is -0.481 e. The van der Waals surface area contributed by atoms with Crippen molar-refractivity contribution < 1.29 is 66.5 Å². The summed E-state index contributed by atoms with van der Waals surface area (Å²) in [6.07, 6.45) is 10.6. The number of aryl methyl sites for hydroxylation is 4. The first-order chi connectivity index (χ1) is 62.6. The monoisotopic (exact) mass is 2050 g/mol. The molecule has 6 atom stereocenters. The number of fused-ring (bicyclic) bond motifs is 8. The van der Waals surface area contributed by atoms with E-state index in [-0.39, 0.29) is 127 Å². The summed E-state index contributed by atoms with van der Waals surface area (Å²) in [7, 11) is 0. The minimum atomic E-state index is -0.939. The van der Waals surface area contributed by atoms with Gasteiger partial charge in [-0.3, -0.25) is 28.9 Å². The first-order valence-corrected chi connectivity index (χ1v) is 50.6. The van der Waals surface area contributed by atoms with Gasteiger partial charge in [0.1, 0.15) is 28.4 Å². The SMILES string of the molecule is CC(=O)NC(C)(C)[C@@]1(C)CC2(CCN(C(=O)OC(C)(C)C)CC2)c2cc(C)c(Cl)cc21.CC(=O)NC(C)(C)[C@@]1(C)CC2(CCN(C(=O)OC(C)(C)C)CC2)c2cc(C)c(Cl)cc21.CC(=O)NC(C)(C)[C@@]1(C)CC2(CCNCC2)c2cc(C)c(Cl)cc21.CC(=O)NC(C)(C)[C@]1(C)CC2(CCN(C(=O)OC(C)(C)C)CC2)c2cc(C)c(Cl)cc21.CC(C)(C)N1CC(C(=O)O)[C@H](c2ccc(F)cc2F)C1.Cl.Cl. The Morgan fingerprint density at radius 3 is 0.842 bits per heavy atom. The number of amides is 7. The Balaban J connectivity index is 0.000000214. The van der Waals surface area contributed by atoms with Gasteiger partial charge in [0.2, 0.25) is 23.6 Å². The molecule has 139 heavy (non-hydrogen) atoms. The van der Waals surface area contributed by atoms with Crippen LogP contribution in [-0.2, 0) is 81.5 Å². The second-order valence-electron chi connectivity index (χ2n) is 48.4. The van der Waals surface area contributed by atoms with E-state index in [1.165, 1.54) is 56.6 Å². The number of carboxylic acids is 1. The molecule has 9 aliphatic rings. The third kappa shape index (κ3) is 24.6. The van der Waals surface area contributed by atoms with Crippen LogP contribution in [0.5, 0.6) is 0 Å². The number of rotatable bonds is 10. The van der Waals surface area contributed by atoms with Gasteiger partial charge in [-0.25, -0.2) is 23.2 Å². The Hall–Kier alpha value is -7.22. The zero-order valence-electron chi connectivity index (χ0n) is 88.9. The van der Waals surface area contributed by atoms with Crippen LogP contribution in [0, 0.1) is 45.2 Å². The molecule has 6 N–H and O–H groups in total. The van der Waals surface area contributed by atoms with Crippen LogP contribution in [0.3, 0.4) is 0 Å². The van der Waals surface area contributed by atoms with Crippen molar-refractivity contribution in [2.75, 3.05) is 65.4 Å². The average molecular weight is 2050 g/mol. The molecule has 5 saturated heterocycles. The van der Waals surface area contributed by atoms with Crippen molar-refractivity contribution in [3.8, 4) is 0 Å². The smallest absolute Gasteiger partial charge is 0.410 e. The van der Waals surface area contributed by atoms with E-state index in [2.05, 4.69) is 165 Å². The maximum absolute atomic E-state index is 13.9. The van der Waals surface area contributed by atoms with Crippen molar-refractivity contribution in [2.45, 2.75) is 392 Å². The fourth-order valence-corrected chi connectivity index (χ4v) is 24.7. The van der Waals surface area contributed by atoms with Gasteiger partial charge in [-0.15, -0.1) is 24.8 Å². The number of hydrogen-bond acceptors (Lipinski definition) is 13. The highest BCUT2D eigenvalue weighted by molar-refractivity contribution is 6.32. The topological polar surface area (TPSA) is 258 Å². The predicted molar refractivity (Wildman–Crippen MR) is 560 cm³/mol. The Bertz CT molecular complexity index is 5060. The van der Waals surface area contributed by atoms with Crippen molar-refractivity contribution in [3.63, 3.8) is 0 Å². The van der Waals surface area contributed by atoms with Crippen molar-refractivity contribution in [3.05, 3.63) is 171 Å². The first kappa shape index (κ1) is 117. The van der Waals surface area contributed by atoms with Crippen LogP contribution in [0.2, 0.25) is 20.1 Å². The molecular weight excluding hydrogens is 1890 g/mol. The largest absolute Gasteiger partial charge is 0.481 e. The van der Waals surface area contributed by atoms with E-state index in [9.17, 15) is 52.2 Å². The lowest BCUT2D eigenvalue weighted by Crippen LogP contribution is -2.57. The Kier molecular flexibility index (Phi) is 35.4. The number of carboxylic acid groups (broad SMARTS) is 1. The van der Waals surface area contributed by atoms with Gasteiger partial charge >= 0.3 is 24.2 Å². The minimum absolute atomic E-state index is 0. The summed E-state index contributed by atoms with van der Waals surface area (Å²) in [6, 6.07) is 20.8. The van der Waals surface area contributed by atoms with Gasteiger partial charge in [-0.2, -0.15) is 0 Å². The number of aliphatic carboxylic acids is 1. The number of ether oxygens (including phenoxy) is 3. The number of hydrogen-bond donors (Lipinski definition) is 6. The number of halogens is 8. The number of carbonyl (C=O) groups is 8. The normalized spacial score (nSPS) is 23.2. The summed E-state index contributed by atoms with van der Waals surface area (Å²) < 4.78 is 43.7. The van der Waals surface area contributed by atoms with Gasteiger partial charge in [0.15, 0.2) is 0 Å². The molecule has 14 rings (SSSR count). The van der Waals surface area contributed by atoms with Gasteiger partial charge in [-0.1, -0.05) is 104 Å². The Labute approximate surface area is 860 Å². The highest BCUT2D eigenvalue weighted by Gasteiger charge is 2.63. The predicted octanol–water partition coefficient (Wildman–Crippen LogP) is 24.0. The highest BCUT2D eigenvalue weighted by atomic mass is 35.5. The fraction of sp³-hybridized carbons (Fsp3) is 0.655. The molecule has 21 nitrogen and oxygen atoms in total. The fourth-order valence-electron chi connectivity index (χ4n) is 24.1. The van der Waals surface area contributed by atoms with Crippen LogP contribution >= 0.6 is 71.2 Å². The molecule has 0 bridgehead atoms. The molecule has 1 unspecified atom stereocenters. The van der Waals surface area contributed by atoms with E-state index in [1.807, 2.05) is 123 Å². The van der Waals surface area contributed by atoms with Crippen LogP contribution in [0.15, 0.2) is 66.7 Å². The lowest BCUT2D eigenvalue weighted by Gasteiger charge is -2.46. The molecule has 5 aromatic rings. The van der Waals surface area contributed by atoms with Gasteiger partial charge in [0, 0.05) is 161 Å². The molecule has 0 saturated carbocycles. The molecule has 0 aromatic heterocycles. The standard InChI is InChI=1S/3C25H37ClN2O3.C20H29ClN2O.C15H19F2NO2.2ClH/c3*1-16-13-19-18(14-20(16)26)24(8,23(6,7)27-17(2)29)15-25(19)9-11-28(12-10-25)21(30)31-22(3,4)5;1-13-10-16-15(11-17(13)21)19(5,18(3,4)23-14(2)24)12-20(16)6-8-22-9-7-20;1-15(2,3)18-7-11(12(8-18)14(19)20)10-5-4-9(16)6-13(10)17;;/h3*13-14H,9-12,15H2,1-8H3,(H,27,29);10-11,22H,6-9,12H2,1-5H3,(H,23,24);4-6,11-12H,7-8H2,1-3H3,(H,19,20);2*1H/t3*24-;19-;11-,12?;;/m10000../s1. The van der Waals surface area contributed by atoms with Crippen molar-refractivity contribution >= 4 is 119 Å². The zero-order valence-corrected chi connectivity index (χ0v) is 93.5. The lowest BCUT2D eigenvalue weighted by molar-refractivity contribution is -0.142. The summed E-state index contributed by atoms with van der Waals surface area (Å²) in [6.45, 7) is 70.3. The molecule has 7 amide bonds. The molecule has 29 heteroatoms. The molecule has 4 spiro atoms. The third-order valence-electron chi connectivity index (χ3n) is 32.7. The number of carbonyl (C=O) groups excluding carboxylic acids is 7. The summed E-state index contributed by atoms with van der Waals surface area (Å²) in [5, 5.41) is 28.7. The summed E-state index contributed by atoms with van der Waals surface area (Å²) >= 11 is 26.2. The molecule has 4 aliphatic carbocycles. The number of nitrogens with one attached hydrogen (secondary N) is 5. The van der Waals surface area contributed by atoms with E-state index < -0.39 is 62.9 Å². The number of nitrogens with zero attached hydrogens (tertiary/aromatic N) is 4. The van der Waals surface area contributed by atoms with Gasteiger partial charge in [0.05, 0.1) is 5.92 Å². The second-order valence-corrected chi connectivity index (χ2v) is 50.0. The van der Waals surface area contributed by atoms with E-state index in [0.717, 1.165) is 139 Å². The zero-order chi connectivity index (χ0) is 103. The van der Waals surface area contributed by atoms with E-state index in [1.54, 1.807) is 27.7 Å². The molecule has 5 heterocycles. The quantitative estimate of drug-likeness (QED) is 0.0711. The van der Waals surface area contributed by atoms with Gasteiger partial charge in [-0.05, 0) is 381 Å². The average Bonchev–Trinajstić information content (AvgIpc) is 1.56. The van der Waals surface area contributed by atoms with Crippen LogP contribution in [0.1, 0.15) is 349 Å². The highest BCUT2D eigenvalue weighted by Crippen LogP contribution is 2.64. The van der Waals surface area contributed by atoms with E-state index in [4.69, 9.17) is 60.6 Å². The van der Waals surface area contributed by atoms with Crippen LogP contribution < -0.4 is 26.6 Å². The third-order valence-corrected chi connectivity index (χ3v) is 34.4. The molecule has 774 valence electrons. The van der Waals surface area contributed by atoms with E-state index >= 15 is 0 Å². The van der Waals surface area contributed by atoms with Crippen molar-refractivity contribution in [1.82, 2.24) is 46.2 Å². The first-order valence-electron chi connectivity index (χ1n) is 49.1. The van der Waals surface area contributed by atoms with Gasteiger partial charge in [0.25, 0.3) is 0 Å². The lowest BCUT2D eigenvalue weighted by atomic mass is 9.65. The Morgan fingerprint density at radius 2 is 0.626 bits per heavy atom. The van der Waals surface area contributed by atoms with Crippen LogP contribution in [0.25, 0.3) is 0 Å². The second kappa shape index (κ2) is 42.1. The molecular formula is C110H161Cl6F2N9O12. The summed E-state index contributed by atoms with van der Waals surface area (Å²) in [5.74, 6) is -3.47. The maximum atomic E-state index is 13.9. The number of piperidine rings is 4. The number of likely N-dealkylation sites (tertiary alicyclic amines) is 4. The molecule has 0 radical (unpaired) electrons. The van der Waals surface area contributed by atoms with Crippen molar-refractivity contribution in [2.24, 2.45) is 5.92 Å². The molecule has 5 aliphatic heterocycles. The summed E-state index contributed by atoms with van der Waals surface area (Å²) in [4.78, 5) is 105. The molecule has 5 aromatic carbocycles. The number of benzene rings is 5. The van der Waals surface area contributed by atoms with Crippen LogP contribution in [-0.4, -0.2) is 183 Å². The van der Waals surface area contributed by atoms with E-state index in [0.29, 0.717) is 52.4 Å². The van der Waals surface area contributed by atoms with Gasteiger partial charge < -0.3 is 60.6 Å². The van der Waals surface area contributed by atoms with Crippen LogP contribution in [0.4, 0.5) is 23.2 Å².